The zero-order valence-corrected chi connectivity index (χ0v) is 10.3. The van der Waals surface area contributed by atoms with E-state index in [0.717, 1.165) is 12.1 Å². The minimum atomic E-state index is -1.23. The van der Waals surface area contributed by atoms with Crippen molar-refractivity contribution in [2.75, 3.05) is 0 Å². The first-order chi connectivity index (χ1) is 9.66. The SMILES string of the molecule is OC(c1ccc(F)cc1F)c1cccc2nccnc12. The van der Waals surface area contributed by atoms with Gasteiger partial charge in [0.1, 0.15) is 17.7 Å². The minimum absolute atomic E-state index is 0.00422. The molecule has 3 aromatic rings. The van der Waals surface area contributed by atoms with E-state index in [0.29, 0.717) is 16.6 Å². The molecule has 2 aromatic carbocycles. The highest BCUT2D eigenvalue weighted by Gasteiger charge is 2.18. The highest BCUT2D eigenvalue weighted by molar-refractivity contribution is 5.78. The number of nitrogens with zero attached hydrogens (tertiary/aromatic N) is 2. The van der Waals surface area contributed by atoms with Gasteiger partial charge in [-0.25, -0.2) is 8.78 Å². The van der Waals surface area contributed by atoms with Gasteiger partial charge < -0.3 is 5.11 Å². The van der Waals surface area contributed by atoms with Crippen LogP contribution in [0.4, 0.5) is 8.78 Å². The second-order valence-electron chi connectivity index (χ2n) is 4.34. The summed E-state index contributed by atoms with van der Waals surface area (Å²) in [6, 6.07) is 8.18. The first-order valence-electron chi connectivity index (χ1n) is 5.99. The standard InChI is InChI=1S/C15H10F2N2O/c16-9-4-5-10(12(17)8-9)15(20)11-2-1-3-13-14(11)19-7-6-18-13/h1-8,15,20H. The molecule has 100 valence electrons. The first-order valence-corrected chi connectivity index (χ1v) is 5.99. The molecular weight excluding hydrogens is 262 g/mol. The number of aliphatic hydroxyl groups excluding tert-OH is 1. The summed E-state index contributed by atoms with van der Waals surface area (Å²) in [7, 11) is 0. The van der Waals surface area contributed by atoms with Crippen molar-refractivity contribution < 1.29 is 13.9 Å². The van der Waals surface area contributed by atoms with E-state index in [1.165, 1.54) is 18.5 Å². The molecule has 0 saturated carbocycles. The average Bonchev–Trinajstić information content (AvgIpc) is 2.46. The molecule has 1 unspecified atom stereocenters. The zero-order valence-electron chi connectivity index (χ0n) is 10.3. The summed E-state index contributed by atoms with van der Waals surface area (Å²) in [6.07, 6.45) is 1.81. The number of fused-ring (bicyclic) bond motifs is 1. The molecule has 1 heterocycles. The van der Waals surface area contributed by atoms with Crippen molar-refractivity contribution in [3.63, 3.8) is 0 Å². The fourth-order valence-corrected chi connectivity index (χ4v) is 2.13. The van der Waals surface area contributed by atoms with Crippen LogP contribution >= 0.6 is 0 Å². The van der Waals surface area contributed by atoms with Crippen molar-refractivity contribution in [1.29, 1.82) is 0 Å². The number of hydrogen-bond donors (Lipinski definition) is 1. The van der Waals surface area contributed by atoms with E-state index in [2.05, 4.69) is 9.97 Å². The number of benzene rings is 2. The summed E-state index contributed by atoms with van der Waals surface area (Å²) in [5, 5.41) is 10.3. The molecule has 0 aliphatic rings. The van der Waals surface area contributed by atoms with Crippen molar-refractivity contribution in [2.45, 2.75) is 6.10 Å². The summed E-state index contributed by atoms with van der Waals surface area (Å²) in [5.74, 6) is -1.48. The number of aliphatic hydroxyl groups is 1. The van der Waals surface area contributed by atoms with Crippen LogP contribution in [0.2, 0.25) is 0 Å². The normalized spacial score (nSPS) is 12.6. The highest BCUT2D eigenvalue weighted by Crippen LogP contribution is 2.28. The van der Waals surface area contributed by atoms with Crippen molar-refractivity contribution in [2.24, 2.45) is 0 Å². The lowest BCUT2D eigenvalue weighted by Crippen LogP contribution is -2.04. The third-order valence-corrected chi connectivity index (χ3v) is 3.08. The Morgan fingerprint density at radius 2 is 1.75 bits per heavy atom. The van der Waals surface area contributed by atoms with Crippen LogP contribution in [0.5, 0.6) is 0 Å². The second kappa shape index (κ2) is 4.94. The Balaban J connectivity index is 2.15. The molecule has 1 atom stereocenters. The Morgan fingerprint density at radius 1 is 0.950 bits per heavy atom. The Bertz CT molecular complexity index is 771. The van der Waals surface area contributed by atoms with E-state index in [9.17, 15) is 13.9 Å². The summed E-state index contributed by atoms with van der Waals surface area (Å²) in [5.41, 5.74) is 1.53. The van der Waals surface area contributed by atoms with Crippen molar-refractivity contribution >= 4 is 11.0 Å². The molecule has 0 radical (unpaired) electrons. The largest absolute Gasteiger partial charge is 0.383 e. The van der Waals surface area contributed by atoms with Gasteiger partial charge in [0.2, 0.25) is 0 Å². The Hall–Kier alpha value is -2.40. The van der Waals surface area contributed by atoms with Crippen LogP contribution in [0.1, 0.15) is 17.2 Å². The van der Waals surface area contributed by atoms with Crippen molar-refractivity contribution in [3.8, 4) is 0 Å². The van der Waals surface area contributed by atoms with E-state index in [-0.39, 0.29) is 5.56 Å². The molecule has 3 rings (SSSR count). The van der Waals surface area contributed by atoms with Crippen LogP contribution in [-0.2, 0) is 0 Å². The predicted molar refractivity (Wildman–Crippen MR) is 70.0 cm³/mol. The predicted octanol–water partition coefficient (Wildman–Crippen LogP) is 2.99. The fraction of sp³-hybridized carbons (Fsp3) is 0.0667. The molecule has 0 amide bonds. The molecule has 0 bridgehead atoms. The summed E-state index contributed by atoms with van der Waals surface area (Å²) in [6.45, 7) is 0. The summed E-state index contributed by atoms with van der Waals surface area (Å²) < 4.78 is 26.7. The third-order valence-electron chi connectivity index (χ3n) is 3.08. The lowest BCUT2D eigenvalue weighted by molar-refractivity contribution is 0.216. The van der Waals surface area contributed by atoms with Crippen molar-refractivity contribution in [3.05, 3.63) is 71.6 Å². The maximum absolute atomic E-state index is 13.8. The second-order valence-corrected chi connectivity index (χ2v) is 4.34. The molecule has 3 nitrogen and oxygen atoms in total. The third kappa shape index (κ3) is 2.12. The fourth-order valence-electron chi connectivity index (χ4n) is 2.13. The molecule has 1 N–H and O–H groups in total. The average molecular weight is 272 g/mol. The van der Waals surface area contributed by atoms with E-state index in [1.54, 1.807) is 18.2 Å². The lowest BCUT2D eigenvalue weighted by atomic mass is 9.99. The lowest BCUT2D eigenvalue weighted by Gasteiger charge is -2.14. The monoisotopic (exact) mass is 272 g/mol. The Kier molecular flexibility index (Phi) is 3.12. The number of hydrogen-bond acceptors (Lipinski definition) is 3. The van der Waals surface area contributed by atoms with E-state index < -0.39 is 17.7 Å². The van der Waals surface area contributed by atoms with Gasteiger partial charge in [-0.3, -0.25) is 9.97 Å². The number of aromatic nitrogens is 2. The maximum atomic E-state index is 13.8. The van der Waals surface area contributed by atoms with Gasteiger partial charge in [-0.05, 0) is 12.1 Å². The van der Waals surface area contributed by atoms with Gasteiger partial charge >= 0.3 is 0 Å². The number of rotatable bonds is 2. The van der Waals surface area contributed by atoms with Gasteiger partial charge in [-0.2, -0.15) is 0 Å². The molecule has 0 fully saturated rings. The summed E-state index contributed by atoms with van der Waals surface area (Å²) >= 11 is 0. The van der Waals surface area contributed by atoms with Gasteiger partial charge in [-0.15, -0.1) is 0 Å². The minimum Gasteiger partial charge on any atom is -0.383 e. The molecular formula is C15H10F2N2O. The van der Waals surface area contributed by atoms with Gasteiger partial charge in [0.25, 0.3) is 0 Å². The van der Waals surface area contributed by atoms with Crippen LogP contribution in [0.15, 0.2) is 48.8 Å². The van der Waals surface area contributed by atoms with Gasteiger partial charge in [-0.1, -0.05) is 18.2 Å². The van der Waals surface area contributed by atoms with Gasteiger partial charge in [0.05, 0.1) is 11.0 Å². The van der Waals surface area contributed by atoms with Gasteiger partial charge in [0.15, 0.2) is 0 Å². The van der Waals surface area contributed by atoms with Crippen LogP contribution in [0.3, 0.4) is 0 Å². The quantitative estimate of drug-likeness (QED) is 0.780. The van der Waals surface area contributed by atoms with E-state index in [1.807, 2.05) is 0 Å². The van der Waals surface area contributed by atoms with Crippen LogP contribution in [0.25, 0.3) is 11.0 Å². The van der Waals surface area contributed by atoms with Crippen LogP contribution in [0, 0.1) is 11.6 Å². The Labute approximate surface area is 113 Å². The molecule has 5 heteroatoms. The molecule has 20 heavy (non-hydrogen) atoms. The van der Waals surface area contributed by atoms with E-state index >= 15 is 0 Å². The zero-order chi connectivity index (χ0) is 14.1. The molecule has 0 saturated heterocycles. The first kappa shape index (κ1) is 12.6. The molecule has 0 aliphatic heterocycles. The molecule has 0 spiro atoms. The Morgan fingerprint density at radius 3 is 2.55 bits per heavy atom. The van der Waals surface area contributed by atoms with Crippen LogP contribution < -0.4 is 0 Å². The van der Waals surface area contributed by atoms with E-state index in [4.69, 9.17) is 0 Å². The summed E-state index contributed by atoms with van der Waals surface area (Å²) in [4.78, 5) is 8.28. The maximum Gasteiger partial charge on any atom is 0.132 e. The number of halogens is 2. The molecule has 1 aromatic heterocycles. The van der Waals surface area contributed by atoms with Crippen molar-refractivity contribution in [1.82, 2.24) is 9.97 Å². The van der Waals surface area contributed by atoms with Crippen LogP contribution in [-0.4, -0.2) is 15.1 Å². The smallest absolute Gasteiger partial charge is 0.132 e. The topological polar surface area (TPSA) is 46.0 Å². The number of para-hydroxylation sites is 1. The highest BCUT2D eigenvalue weighted by atomic mass is 19.1. The van der Waals surface area contributed by atoms with Gasteiger partial charge in [0, 0.05) is 29.6 Å². The molecule has 0 aliphatic carbocycles.